The van der Waals surface area contributed by atoms with E-state index < -0.39 is 12.0 Å². The first-order valence-corrected chi connectivity index (χ1v) is 5.35. The van der Waals surface area contributed by atoms with Gasteiger partial charge in [0.05, 0.1) is 12.6 Å². The Hall–Kier alpha value is -1.30. The van der Waals surface area contributed by atoms with E-state index in [9.17, 15) is 9.59 Å². The summed E-state index contributed by atoms with van der Waals surface area (Å²) in [5, 5.41) is 11.6. The number of aliphatic carboxylic acids is 1. The zero-order valence-corrected chi connectivity index (χ0v) is 9.60. The van der Waals surface area contributed by atoms with Crippen molar-refractivity contribution in [3.8, 4) is 0 Å². The number of carbonyl (C=O) groups is 2. The minimum Gasteiger partial charge on any atom is -0.480 e. The number of hydrogen-bond acceptors (Lipinski definition) is 3. The third kappa shape index (κ3) is 3.10. The summed E-state index contributed by atoms with van der Waals surface area (Å²) >= 11 is 0. The highest BCUT2D eigenvalue weighted by Gasteiger charge is 2.34. The molecule has 0 bridgehead atoms. The summed E-state index contributed by atoms with van der Waals surface area (Å²) in [5.74, 6) is -0.938. The van der Waals surface area contributed by atoms with Gasteiger partial charge in [0, 0.05) is 13.7 Å². The van der Waals surface area contributed by atoms with Crippen LogP contribution in [0.5, 0.6) is 0 Å². The molecule has 2 amide bonds. The minimum atomic E-state index is -0.938. The Morgan fingerprint density at radius 2 is 2.31 bits per heavy atom. The topological polar surface area (TPSA) is 78.9 Å². The second-order valence-corrected chi connectivity index (χ2v) is 4.00. The number of hydrogen-bond donors (Lipinski definition) is 2. The molecule has 1 fully saturated rings. The normalized spacial score (nSPS) is 21.9. The number of nitrogens with one attached hydrogen (secondary N) is 1. The van der Waals surface area contributed by atoms with Gasteiger partial charge in [0.15, 0.2) is 0 Å². The van der Waals surface area contributed by atoms with Crippen molar-refractivity contribution in [2.45, 2.75) is 31.8 Å². The summed E-state index contributed by atoms with van der Waals surface area (Å²) in [6.07, 6.45) is 1.27. The van der Waals surface area contributed by atoms with Gasteiger partial charge < -0.3 is 20.1 Å². The molecule has 0 saturated carbocycles. The summed E-state index contributed by atoms with van der Waals surface area (Å²) < 4.78 is 4.89. The van der Waals surface area contributed by atoms with E-state index in [-0.39, 0.29) is 12.1 Å². The average molecular weight is 230 g/mol. The number of rotatable bonds is 4. The van der Waals surface area contributed by atoms with E-state index in [2.05, 4.69) is 5.32 Å². The maximum absolute atomic E-state index is 11.7. The highest BCUT2D eigenvalue weighted by molar-refractivity contribution is 5.83. The first-order valence-electron chi connectivity index (χ1n) is 5.35. The number of likely N-dealkylation sites (tertiary alicyclic amines) is 1. The molecule has 16 heavy (non-hydrogen) atoms. The van der Waals surface area contributed by atoms with Crippen molar-refractivity contribution in [3.63, 3.8) is 0 Å². The molecule has 1 heterocycles. The van der Waals surface area contributed by atoms with Crippen LogP contribution in [-0.4, -0.2) is 54.4 Å². The van der Waals surface area contributed by atoms with Gasteiger partial charge in [-0.15, -0.1) is 0 Å². The molecule has 6 heteroatoms. The molecule has 1 aliphatic rings. The second kappa shape index (κ2) is 5.69. The van der Waals surface area contributed by atoms with E-state index in [0.29, 0.717) is 19.6 Å². The zero-order valence-electron chi connectivity index (χ0n) is 9.60. The van der Waals surface area contributed by atoms with Crippen LogP contribution in [0, 0.1) is 0 Å². The number of amides is 2. The van der Waals surface area contributed by atoms with Crippen LogP contribution in [0.3, 0.4) is 0 Å². The molecule has 1 unspecified atom stereocenters. The number of carboxylic acid groups (broad SMARTS) is 1. The van der Waals surface area contributed by atoms with Gasteiger partial charge in [-0.1, -0.05) is 0 Å². The lowest BCUT2D eigenvalue weighted by Crippen LogP contribution is -2.49. The van der Waals surface area contributed by atoms with Crippen LogP contribution in [0.2, 0.25) is 0 Å². The van der Waals surface area contributed by atoms with Crippen LogP contribution in [-0.2, 0) is 9.53 Å². The fraction of sp³-hybridized carbons (Fsp3) is 0.800. The van der Waals surface area contributed by atoms with E-state index in [0.717, 1.165) is 6.42 Å². The van der Waals surface area contributed by atoms with Crippen LogP contribution in [0.15, 0.2) is 0 Å². The molecule has 2 N–H and O–H groups in total. The van der Waals surface area contributed by atoms with Crippen LogP contribution < -0.4 is 5.32 Å². The molecule has 0 aromatic heterocycles. The van der Waals surface area contributed by atoms with Gasteiger partial charge in [0.1, 0.15) is 6.04 Å². The zero-order chi connectivity index (χ0) is 12.1. The maximum Gasteiger partial charge on any atom is 0.326 e. The molecule has 1 rings (SSSR count). The van der Waals surface area contributed by atoms with Crippen molar-refractivity contribution in [2.75, 3.05) is 20.3 Å². The van der Waals surface area contributed by atoms with Crippen molar-refractivity contribution >= 4 is 12.0 Å². The first kappa shape index (κ1) is 12.8. The summed E-state index contributed by atoms with van der Waals surface area (Å²) in [4.78, 5) is 24.0. The standard InChI is InChI=1S/C10H18N2O4/c1-7(6-16-2)11-10(15)12-5-3-4-8(12)9(13)14/h7-8H,3-6H2,1-2H3,(H,11,15)(H,13,14)/t7?,8-/m1/s1. The van der Waals surface area contributed by atoms with Crippen LogP contribution in [0.1, 0.15) is 19.8 Å². The smallest absolute Gasteiger partial charge is 0.326 e. The SMILES string of the molecule is COCC(C)NC(=O)N1CCC[C@@H]1C(=O)O. The summed E-state index contributed by atoms with van der Waals surface area (Å²) in [7, 11) is 1.55. The molecule has 0 aromatic carbocycles. The van der Waals surface area contributed by atoms with Gasteiger partial charge >= 0.3 is 12.0 Å². The van der Waals surface area contributed by atoms with Crippen molar-refractivity contribution in [3.05, 3.63) is 0 Å². The predicted molar refractivity (Wildman–Crippen MR) is 57.2 cm³/mol. The van der Waals surface area contributed by atoms with Crippen LogP contribution >= 0.6 is 0 Å². The third-order valence-electron chi connectivity index (χ3n) is 2.59. The Kier molecular flexibility index (Phi) is 4.54. The summed E-state index contributed by atoms with van der Waals surface area (Å²) in [5.41, 5.74) is 0. The Morgan fingerprint density at radius 3 is 2.88 bits per heavy atom. The van der Waals surface area contributed by atoms with Crippen molar-refractivity contribution in [1.29, 1.82) is 0 Å². The van der Waals surface area contributed by atoms with Crippen molar-refractivity contribution in [2.24, 2.45) is 0 Å². The molecule has 6 nitrogen and oxygen atoms in total. The Morgan fingerprint density at radius 1 is 1.62 bits per heavy atom. The van der Waals surface area contributed by atoms with E-state index >= 15 is 0 Å². The quantitative estimate of drug-likeness (QED) is 0.727. The number of carbonyl (C=O) groups excluding carboxylic acids is 1. The average Bonchev–Trinajstić information content (AvgIpc) is 2.65. The monoisotopic (exact) mass is 230 g/mol. The van der Waals surface area contributed by atoms with Gasteiger partial charge in [-0.25, -0.2) is 9.59 Å². The van der Waals surface area contributed by atoms with Gasteiger partial charge in [-0.05, 0) is 19.8 Å². The maximum atomic E-state index is 11.7. The van der Waals surface area contributed by atoms with E-state index in [1.54, 1.807) is 7.11 Å². The van der Waals surface area contributed by atoms with Crippen molar-refractivity contribution < 1.29 is 19.4 Å². The number of carboxylic acids is 1. The minimum absolute atomic E-state index is 0.118. The highest BCUT2D eigenvalue weighted by Crippen LogP contribution is 2.17. The molecule has 92 valence electrons. The first-order chi connectivity index (χ1) is 7.56. The largest absolute Gasteiger partial charge is 0.480 e. The van der Waals surface area contributed by atoms with Crippen LogP contribution in [0.25, 0.3) is 0 Å². The predicted octanol–water partition coefficient (Wildman–Crippen LogP) is 0.280. The molecular formula is C10H18N2O4. The summed E-state index contributed by atoms with van der Waals surface area (Å²) in [6, 6.07) is -1.13. The molecule has 0 spiro atoms. The lowest BCUT2D eigenvalue weighted by atomic mass is 10.2. The van der Waals surface area contributed by atoms with Gasteiger partial charge in [0.2, 0.25) is 0 Å². The fourth-order valence-corrected chi connectivity index (χ4v) is 1.85. The Labute approximate surface area is 94.6 Å². The number of methoxy groups -OCH3 is 1. The number of nitrogens with zero attached hydrogens (tertiary/aromatic N) is 1. The number of ether oxygens (including phenoxy) is 1. The Balaban J connectivity index is 2.49. The summed E-state index contributed by atoms with van der Waals surface area (Å²) in [6.45, 7) is 2.73. The fourth-order valence-electron chi connectivity index (χ4n) is 1.85. The van der Waals surface area contributed by atoms with Gasteiger partial charge in [0.25, 0.3) is 0 Å². The van der Waals surface area contributed by atoms with E-state index in [1.807, 2.05) is 6.92 Å². The Bertz CT molecular complexity index is 270. The highest BCUT2D eigenvalue weighted by atomic mass is 16.5. The lowest BCUT2D eigenvalue weighted by molar-refractivity contribution is -0.141. The van der Waals surface area contributed by atoms with E-state index in [4.69, 9.17) is 9.84 Å². The number of urea groups is 1. The van der Waals surface area contributed by atoms with Gasteiger partial charge in [-0.3, -0.25) is 0 Å². The molecular weight excluding hydrogens is 212 g/mol. The van der Waals surface area contributed by atoms with Crippen LogP contribution in [0.4, 0.5) is 4.79 Å². The molecule has 0 radical (unpaired) electrons. The van der Waals surface area contributed by atoms with Crippen molar-refractivity contribution in [1.82, 2.24) is 10.2 Å². The molecule has 0 aromatic rings. The molecule has 0 aliphatic carbocycles. The van der Waals surface area contributed by atoms with Gasteiger partial charge in [-0.2, -0.15) is 0 Å². The van der Waals surface area contributed by atoms with E-state index in [1.165, 1.54) is 4.90 Å². The molecule has 1 aliphatic heterocycles. The molecule has 1 saturated heterocycles. The lowest BCUT2D eigenvalue weighted by Gasteiger charge is -2.24. The second-order valence-electron chi connectivity index (χ2n) is 4.00. The third-order valence-corrected chi connectivity index (χ3v) is 2.59. The molecule has 2 atom stereocenters.